The molecule has 2 unspecified atom stereocenters. The van der Waals surface area contributed by atoms with E-state index in [0.717, 1.165) is 12.1 Å². The van der Waals surface area contributed by atoms with Gasteiger partial charge in [0.1, 0.15) is 0 Å². The molecule has 1 heterocycles. The lowest BCUT2D eigenvalue weighted by Gasteiger charge is -2.34. The minimum atomic E-state index is -1.11. The Morgan fingerprint density at radius 1 is 1.29 bits per heavy atom. The predicted octanol–water partition coefficient (Wildman–Crippen LogP) is 2.91. The van der Waals surface area contributed by atoms with Gasteiger partial charge in [0.05, 0.1) is 11.5 Å². The van der Waals surface area contributed by atoms with Crippen molar-refractivity contribution in [1.82, 2.24) is 4.90 Å². The van der Waals surface area contributed by atoms with Crippen LogP contribution < -0.4 is 0 Å². The Hall–Kier alpha value is -1.50. The van der Waals surface area contributed by atoms with E-state index >= 15 is 0 Å². The lowest BCUT2D eigenvalue weighted by Crippen LogP contribution is -2.45. The van der Waals surface area contributed by atoms with E-state index in [1.165, 1.54) is 4.90 Å². The molecular weight excluding hydrogens is 348 g/mol. The number of rotatable bonds is 2. The van der Waals surface area contributed by atoms with Crippen molar-refractivity contribution in [3.63, 3.8) is 0 Å². The van der Waals surface area contributed by atoms with Crippen LogP contribution in [0.2, 0.25) is 0 Å². The number of hydrogen-bond acceptors (Lipinski definition) is 2. The summed E-state index contributed by atoms with van der Waals surface area (Å²) in [7, 11) is 0. The van der Waals surface area contributed by atoms with Crippen LogP contribution in [0.3, 0.4) is 0 Å². The van der Waals surface area contributed by atoms with Crippen molar-refractivity contribution in [3.8, 4) is 0 Å². The van der Waals surface area contributed by atoms with Gasteiger partial charge in [-0.2, -0.15) is 0 Å². The summed E-state index contributed by atoms with van der Waals surface area (Å²) in [6.45, 7) is 2.33. The molecule has 0 bridgehead atoms. The molecule has 7 heteroatoms. The van der Waals surface area contributed by atoms with Gasteiger partial charge in [-0.25, -0.2) is 8.78 Å². The van der Waals surface area contributed by atoms with Gasteiger partial charge >= 0.3 is 5.97 Å². The molecule has 0 aromatic heterocycles. The minimum absolute atomic E-state index is 0.00728. The first kappa shape index (κ1) is 15.9. The van der Waals surface area contributed by atoms with Gasteiger partial charge in [0.15, 0.2) is 11.6 Å². The van der Waals surface area contributed by atoms with Crippen LogP contribution in [-0.2, 0) is 4.79 Å². The second-order valence-electron chi connectivity index (χ2n) is 5.33. The summed E-state index contributed by atoms with van der Waals surface area (Å²) in [6, 6.07) is 1.72. The summed E-state index contributed by atoms with van der Waals surface area (Å²) in [5.74, 6) is -4.22. The topological polar surface area (TPSA) is 57.6 Å². The van der Waals surface area contributed by atoms with Gasteiger partial charge in [-0.1, -0.05) is 6.92 Å². The van der Waals surface area contributed by atoms with Gasteiger partial charge in [-0.15, -0.1) is 0 Å². The Morgan fingerprint density at radius 3 is 2.52 bits per heavy atom. The number of halogens is 3. The van der Waals surface area contributed by atoms with Gasteiger partial charge < -0.3 is 10.0 Å². The van der Waals surface area contributed by atoms with E-state index in [-0.39, 0.29) is 22.5 Å². The summed E-state index contributed by atoms with van der Waals surface area (Å²) < 4.78 is 26.5. The summed E-state index contributed by atoms with van der Waals surface area (Å²) in [5, 5.41) is 9.10. The third-order valence-electron chi connectivity index (χ3n) is 3.54. The molecule has 114 valence electrons. The number of carboxylic acids is 1. The molecule has 1 aliphatic heterocycles. The van der Waals surface area contributed by atoms with Crippen LogP contribution in [0.15, 0.2) is 16.6 Å². The van der Waals surface area contributed by atoms with Crippen LogP contribution in [0.1, 0.15) is 23.7 Å². The van der Waals surface area contributed by atoms with Crippen molar-refractivity contribution in [2.24, 2.45) is 11.8 Å². The number of benzene rings is 1. The third-order valence-corrected chi connectivity index (χ3v) is 4.19. The summed E-state index contributed by atoms with van der Waals surface area (Å²) in [4.78, 5) is 24.9. The quantitative estimate of drug-likeness (QED) is 0.824. The first-order chi connectivity index (χ1) is 9.79. The normalized spacial score (nSPS) is 22.2. The maximum atomic E-state index is 13.3. The zero-order valence-electron chi connectivity index (χ0n) is 11.3. The maximum absolute atomic E-state index is 13.3. The Balaban J connectivity index is 2.27. The molecule has 0 saturated carbocycles. The number of carboxylic acid groups (broad SMARTS) is 1. The van der Waals surface area contributed by atoms with E-state index in [4.69, 9.17) is 5.11 Å². The average molecular weight is 362 g/mol. The van der Waals surface area contributed by atoms with Crippen LogP contribution in [0.4, 0.5) is 8.78 Å². The number of likely N-dealkylation sites (tertiary alicyclic amines) is 1. The lowest BCUT2D eigenvalue weighted by molar-refractivity contribution is -0.143. The number of carbonyl (C=O) groups is 2. The zero-order chi connectivity index (χ0) is 15.7. The molecular formula is C14H14BrF2NO3. The van der Waals surface area contributed by atoms with Crippen molar-refractivity contribution in [2.75, 3.05) is 13.1 Å². The zero-order valence-corrected chi connectivity index (χ0v) is 12.9. The molecule has 1 aliphatic rings. The molecule has 1 aromatic carbocycles. The fourth-order valence-corrected chi connectivity index (χ4v) is 3.04. The molecule has 1 fully saturated rings. The molecule has 1 N–H and O–H groups in total. The highest BCUT2D eigenvalue weighted by Gasteiger charge is 2.33. The van der Waals surface area contributed by atoms with Gasteiger partial charge in [-0.3, -0.25) is 9.59 Å². The van der Waals surface area contributed by atoms with Crippen molar-refractivity contribution in [1.29, 1.82) is 0 Å². The van der Waals surface area contributed by atoms with Crippen molar-refractivity contribution in [2.45, 2.75) is 13.3 Å². The molecule has 2 atom stereocenters. The Kier molecular flexibility index (Phi) is 4.61. The molecule has 4 nitrogen and oxygen atoms in total. The molecule has 0 aliphatic carbocycles. The van der Waals surface area contributed by atoms with E-state index in [2.05, 4.69) is 15.9 Å². The van der Waals surface area contributed by atoms with Crippen LogP contribution in [0, 0.1) is 23.5 Å². The number of hydrogen-bond donors (Lipinski definition) is 1. The van der Waals surface area contributed by atoms with Gasteiger partial charge in [-0.05, 0) is 40.4 Å². The van der Waals surface area contributed by atoms with Crippen molar-refractivity contribution in [3.05, 3.63) is 33.8 Å². The molecule has 2 rings (SSSR count). The van der Waals surface area contributed by atoms with Crippen molar-refractivity contribution >= 4 is 27.8 Å². The van der Waals surface area contributed by atoms with Gasteiger partial charge in [0, 0.05) is 17.6 Å². The third kappa shape index (κ3) is 3.40. The molecule has 1 amide bonds. The van der Waals surface area contributed by atoms with Crippen LogP contribution >= 0.6 is 15.9 Å². The van der Waals surface area contributed by atoms with E-state index in [1.54, 1.807) is 0 Å². The van der Waals surface area contributed by atoms with E-state index in [1.807, 2.05) is 6.92 Å². The molecule has 21 heavy (non-hydrogen) atoms. The molecule has 1 saturated heterocycles. The first-order valence-electron chi connectivity index (χ1n) is 6.46. The van der Waals surface area contributed by atoms with E-state index < -0.39 is 29.4 Å². The highest BCUT2D eigenvalue weighted by atomic mass is 79.9. The highest BCUT2D eigenvalue weighted by Crippen LogP contribution is 2.27. The monoisotopic (exact) mass is 361 g/mol. The fourth-order valence-electron chi connectivity index (χ4n) is 2.55. The Bertz CT molecular complexity index is 594. The predicted molar refractivity (Wildman–Crippen MR) is 74.9 cm³/mol. The summed E-state index contributed by atoms with van der Waals surface area (Å²) in [5.41, 5.74) is -0.00728. The second-order valence-corrected chi connectivity index (χ2v) is 6.19. The van der Waals surface area contributed by atoms with E-state index in [9.17, 15) is 18.4 Å². The van der Waals surface area contributed by atoms with Crippen molar-refractivity contribution < 1.29 is 23.5 Å². The summed E-state index contributed by atoms with van der Waals surface area (Å²) in [6.07, 6.45) is 0.498. The lowest BCUT2D eigenvalue weighted by atomic mass is 9.90. The SMILES string of the molecule is CC1CC(C(=O)O)CN(C(=O)c2cc(F)c(F)cc2Br)C1. The Morgan fingerprint density at radius 2 is 1.90 bits per heavy atom. The maximum Gasteiger partial charge on any atom is 0.308 e. The molecule has 0 spiro atoms. The number of carbonyl (C=O) groups excluding carboxylic acids is 1. The smallest absolute Gasteiger partial charge is 0.308 e. The standard InChI is InChI=1S/C14H14BrF2NO3/c1-7-2-8(14(20)21)6-18(5-7)13(19)9-3-11(16)12(17)4-10(9)15/h3-4,7-8H,2,5-6H2,1H3,(H,20,21). The molecule has 0 radical (unpaired) electrons. The van der Waals surface area contributed by atoms with Crippen LogP contribution in [-0.4, -0.2) is 35.0 Å². The highest BCUT2D eigenvalue weighted by molar-refractivity contribution is 9.10. The minimum Gasteiger partial charge on any atom is -0.481 e. The number of amides is 1. The number of aliphatic carboxylic acids is 1. The van der Waals surface area contributed by atoms with Gasteiger partial charge in [0.25, 0.3) is 5.91 Å². The van der Waals surface area contributed by atoms with E-state index in [0.29, 0.717) is 13.0 Å². The number of piperidine rings is 1. The summed E-state index contributed by atoms with van der Waals surface area (Å²) >= 11 is 3.04. The first-order valence-corrected chi connectivity index (χ1v) is 7.25. The molecule has 1 aromatic rings. The van der Waals surface area contributed by atoms with Crippen LogP contribution in [0.25, 0.3) is 0 Å². The average Bonchev–Trinajstić information content (AvgIpc) is 2.41. The van der Waals surface area contributed by atoms with Crippen LogP contribution in [0.5, 0.6) is 0 Å². The number of nitrogens with zero attached hydrogens (tertiary/aromatic N) is 1. The largest absolute Gasteiger partial charge is 0.481 e. The second kappa shape index (κ2) is 6.09. The van der Waals surface area contributed by atoms with Gasteiger partial charge in [0.2, 0.25) is 0 Å². The Labute approximate surface area is 128 Å². The fraction of sp³-hybridized carbons (Fsp3) is 0.429.